The molecular formula is C18H23N3O5S. The smallest absolute Gasteiger partial charge is 0.240 e. The maximum atomic E-state index is 12.3. The lowest BCUT2D eigenvalue weighted by Gasteiger charge is -2.11. The predicted octanol–water partition coefficient (Wildman–Crippen LogP) is 1.80. The number of amidine groups is 1. The quantitative estimate of drug-likeness (QED) is 0.733. The summed E-state index contributed by atoms with van der Waals surface area (Å²) in [6.07, 6.45) is 2.23. The van der Waals surface area contributed by atoms with Crippen LogP contribution in [0.5, 0.6) is 11.5 Å². The molecule has 2 amide bonds. The van der Waals surface area contributed by atoms with Gasteiger partial charge in [-0.2, -0.15) is 0 Å². The molecule has 0 saturated carbocycles. The lowest BCUT2D eigenvalue weighted by Crippen LogP contribution is -2.28. The van der Waals surface area contributed by atoms with Crippen LogP contribution in [0.25, 0.3) is 0 Å². The zero-order valence-corrected chi connectivity index (χ0v) is 16.1. The molecule has 8 nitrogen and oxygen atoms in total. The summed E-state index contributed by atoms with van der Waals surface area (Å²) in [5, 5.41) is 5.57. The number of rotatable bonds is 7. The van der Waals surface area contributed by atoms with Gasteiger partial charge in [0.05, 0.1) is 26.9 Å². The van der Waals surface area contributed by atoms with E-state index in [9.17, 15) is 9.59 Å². The van der Waals surface area contributed by atoms with Crippen molar-refractivity contribution >= 4 is 34.4 Å². The largest absolute Gasteiger partial charge is 0.493 e. The standard InChI is InChI=1S/C18H23N3O5S/c1-24-13-6-5-11(8-14(13)25-2)20-16(22)9-15-17(23)21-18(27-15)19-10-12-4-3-7-26-12/h5-6,8,12,15H,3-4,7,9-10H2,1-2H3,(H,20,22)(H,19,21,23)/t12-,15-/m0/s1. The number of methoxy groups -OCH3 is 2. The van der Waals surface area contributed by atoms with Gasteiger partial charge in [-0.1, -0.05) is 11.8 Å². The van der Waals surface area contributed by atoms with Crippen LogP contribution in [0.4, 0.5) is 5.69 Å². The average molecular weight is 393 g/mol. The first-order chi connectivity index (χ1) is 13.1. The number of benzene rings is 1. The Balaban J connectivity index is 1.53. The van der Waals surface area contributed by atoms with Gasteiger partial charge in [-0.05, 0) is 25.0 Å². The molecule has 2 aliphatic heterocycles. The van der Waals surface area contributed by atoms with Crippen LogP contribution in [0.3, 0.4) is 0 Å². The monoisotopic (exact) mass is 393 g/mol. The molecule has 27 heavy (non-hydrogen) atoms. The van der Waals surface area contributed by atoms with Crippen molar-refractivity contribution in [2.45, 2.75) is 30.6 Å². The van der Waals surface area contributed by atoms with Crippen LogP contribution < -0.4 is 20.1 Å². The second-order valence-corrected chi connectivity index (χ2v) is 7.39. The van der Waals surface area contributed by atoms with E-state index in [1.165, 1.54) is 18.9 Å². The molecule has 2 saturated heterocycles. The third-order valence-corrected chi connectivity index (χ3v) is 5.40. The van der Waals surface area contributed by atoms with E-state index in [0.717, 1.165) is 19.4 Å². The average Bonchev–Trinajstić information content (AvgIpc) is 3.30. The molecule has 0 bridgehead atoms. The van der Waals surface area contributed by atoms with Gasteiger partial charge in [-0.3, -0.25) is 14.6 Å². The van der Waals surface area contributed by atoms with Gasteiger partial charge in [0, 0.05) is 24.8 Å². The molecule has 0 radical (unpaired) electrons. The summed E-state index contributed by atoms with van der Waals surface area (Å²) in [6.45, 7) is 1.31. The molecule has 2 N–H and O–H groups in total. The lowest BCUT2D eigenvalue weighted by molar-refractivity contribution is -0.122. The highest BCUT2D eigenvalue weighted by Crippen LogP contribution is 2.30. The van der Waals surface area contributed by atoms with Crippen molar-refractivity contribution in [1.29, 1.82) is 0 Å². The zero-order chi connectivity index (χ0) is 19.2. The Morgan fingerprint density at radius 1 is 1.37 bits per heavy atom. The maximum absolute atomic E-state index is 12.3. The van der Waals surface area contributed by atoms with Crippen molar-refractivity contribution in [1.82, 2.24) is 5.32 Å². The normalized spacial score (nSPS) is 23.3. The topological polar surface area (TPSA) is 98.3 Å². The molecule has 146 valence electrons. The first kappa shape index (κ1) is 19.5. The van der Waals surface area contributed by atoms with Gasteiger partial charge < -0.3 is 24.8 Å². The van der Waals surface area contributed by atoms with E-state index >= 15 is 0 Å². The molecule has 0 aromatic heterocycles. The summed E-state index contributed by atoms with van der Waals surface area (Å²) in [5.74, 6) is 0.643. The second kappa shape index (κ2) is 9.09. The van der Waals surface area contributed by atoms with E-state index in [1.54, 1.807) is 25.3 Å². The fourth-order valence-electron chi connectivity index (χ4n) is 2.88. The molecule has 9 heteroatoms. The van der Waals surface area contributed by atoms with Crippen molar-refractivity contribution in [2.24, 2.45) is 4.99 Å². The Hall–Kier alpha value is -2.26. The van der Waals surface area contributed by atoms with Crippen molar-refractivity contribution in [3.63, 3.8) is 0 Å². The summed E-state index contributed by atoms with van der Waals surface area (Å²) >= 11 is 1.28. The second-order valence-electron chi connectivity index (χ2n) is 6.20. The van der Waals surface area contributed by atoms with Crippen molar-refractivity contribution in [2.75, 3.05) is 32.7 Å². The number of thioether (sulfide) groups is 1. The molecule has 0 aliphatic carbocycles. The summed E-state index contributed by atoms with van der Waals surface area (Å²) in [6, 6.07) is 5.10. The molecule has 2 fully saturated rings. The molecule has 0 unspecified atom stereocenters. The van der Waals surface area contributed by atoms with Crippen LogP contribution >= 0.6 is 11.8 Å². The van der Waals surface area contributed by atoms with Gasteiger partial charge in [0.25, 0.3) is 0 Å². The van der Waals surface area contributed by atoms with Crippen LogP contribution in [-0.2, 0) is 14.3 Å². The Morgan fingerprint density at radius 2 is 2.19 bits per heavy atom. The number of carbonyl (C=O) groups excluding carboxylic acids is 2. The summed E-state index contributed by atoms with van der Waals surface area (Å²) < 4.78 is 15.9. The Kier molecular flexibility index (Phi) is 6.57. The zero-order valence-electron chi connectivity index (χ0n) is 15.3. The van der Waals surface area contributed by atoms with E-state index in [0.29, 0.717) is 28.9 Å². The lowest BCUT2D eigenvalue weighted by atomic mass is 10.2. The van der Waals surface area contributed by atoms with Crippen LogP contribution in [0, 0.1) is 0 Å². The first-order valence-corrected chi connectivity index (χ1v) is 9.62. The Labute approximate surface area is 162 Å². The minimum atomic E-state index is -0.492. The molecule has 2 aliphatic rings. The number of nitrogens with zero attached hydrogens (tertiary/aromatic N) is 1. The number of amides is 2. The van der Waals surface area contributed by atoms with Gasteiger partial charge in [0.15, 0.2) is 16.7 Å². The van der Waals surface area contributed by atoms with E-state index in [-0.39, 0.29) is 24.3 Å². The fraction of sp³-hybridized carbons (Fsp3) is 0.500. The van der Waals surface area contributed by atoms with Gasteiger partial charge in [-0.25, -0.2) is 0 Å². The number of aliphatic imine (C=N–C) groups is 1. The van der Waals surface area contributed by atoms with Gasteiger partial charge in [0.2, 0.25) is 11.8 Å². The van der Waals surface area contributed by atoms with Crippen LogP contribution in [0.2, 0.25) is 0 Å². The number of carbonyl (C=O) groups is 2. The minimum absolute atomic E-state index is 0.0593. The van der Waals surface area contributed by atoms with Crippen molar-refractivity contribution in [3.8, 4) is 11.5 Å². The van der Waals surface area contributed by atoms with E-state index < -0.39 is 5.25 Å². The third kappa shape index (κ3) is 5.14. The minimum Gasteiger partial charge on any atom is -0.493 e. The Bertz CT molecular complexity index is 734. The van der Waals surface area contributed by atoms with Crippen molar-refractivity contribution in [3.05, 3.63) is 18.2 Å². The number of nitrogens with one attached hydrogen (secondary N) is 2. The number of ether oxygens (including phenoxy) is 3. The molecule has 2 heterocycles. The fourth-order valence-corrected chi connectivity index (χ4v) is 3.86. The van der Waals surface area contributed by atoms with Crippen molar-refractivity contribution < 1.29 is 23.8 Å². The SMILES string of the molecule is COc1ccc(NC(=O)C[C@@H]2SC(=NC[C@@H]3CCCO3)NC2=O)cc1OC. The highest BCUT2D eigenvalue weighted by molar-refractivity contribution is 8.15. The molecule has 1 aromatic carbocycles. The molecule has 3 rings (SSSR count). The van der Waals surface area contributed by atoms with E-state index in [2.05, 4.69) is 15.6 Å². The van der Waals surface area contributed by atoms with Gasteiger partial charge >= 0.3 is 0 Å². The number of hydrogen-bond acceptors (Lipinski definition) is 7. The molecule has 2 atom stereocenters. The van der Waals surface area contributed by atoms with Gasteiger partial charge in [0.1, 0.15) is 5.25 Å². The van der Waals surface area contributed by atoms with E-state index in [4.69, 9.17) is 14.2 Å². The maximum Gasteiger partial charge on any atom is 0.240 e. The van der Waals surface area contributed by atoms with Gasteiger partial charge in [-0.15, -0.1) is 0 Å². The summed E-state index contributed by atoms with van der Waals surface area (Å²) in [7, 11) is 3.07. The van der Waals surface area contributed by atoms with Crippen LogP contribution in [-0.4, -0.2) is 55.7 Å². The van der Waals surface area contributed by atoms with E-state index in [1.807, 2.05) is 0 Å². The molecular weight excluding hydrogens is 370 g/mol. The summed E-state index contributed by atoms with van der Waals surface area (Å²) in [4.78, 5) is 28.8. The summed E-state index contributed by atoms with van der Waals surface area (Å²) in [5.41, 5.74) is 0.577. The van der Waals surface area contributed by atoms with Crippen LogP contribution in [0.15, 0.2) is 23.2 Å². The Morgan fingerprint density at radius 3 is 2.89 bits per heavy atom. The number of anilines is 1. The van der Waals surface area contributed by atoms with Crippen LogP contribution in [0.1, 0.15) is 19.3 Å². The number of hydrogen-bond donors (Lipinski definition) is 2. The highest BCUT2D eigenvalue weighted by atomic mass is 32.2. The first-order valence-electron chi connectivity index (χ1n) is 8.74. The predicted molar refractivity (Wildman–Crippen MR) is 104 cm³/mol. The molecule has 1 aromatic rings. The highest BCUT2D eigenvalue weighted by Gasteiger charge is 2.32. The molecule has 0 spiro atoms. The third-order valence-electron chi connectivity index (χ3n) is 4.28.